The van der Waals surface area contributed by atoms with Gasteiger partial charge in [0.15, 0.2) is 0 Å². The molecule has 2 aromatic carbocycles. The lowest BCUT2D eigenvalue weighted by Gasteiger charge is -2.30. The Kier molecular flexibility index (Phi) is 6.99. The fraction of sp³-hybridized carbons (Fsp3) is 0.333. The van der Waals surface area contributed by atoms with Gasteiger partial charge in [-0.15, -0.1) is 0 Å². The largest absolute Gasteiger partial charge is 0.497 e. The van der Waals surface area contributed by atoms with Crippen molar-refractivity contribution >= 4 is 17.6 Å². The molecule has 4 rings (SSSR count). The van der Waals surface area contributed by atoms with Crippen LogP contribution in [0.5, 0.6) is 5.75 Å². The minimum Gasteiger partial charge on any atom is -0.497 e. The van der Waals surface area contributed by atoms with E-state index >= 15 is 0 Å². The van der Waals surface area contributed by atoms with E-state index < -0.39 is 5.97 Å². The zero-order valence-corrected chi connectivity index (χ0v) is 18.6. The van der Waals surface area contributed by atoms with E-state index in [9.17, 15) is 9.59 Å². The van der Waals surface area contributed by atoms with E-state index in [0.29, 0.717) is 36.1 Å². The summed E-state index contributed by atoms with van der Waals surface area (Å²) < 4.78 is 15.3. The highest BCUT2D eigenvalue weighted by Crippen LogP contribution is 2.23. The summed E-state index contributed by atoms with van der Waals surface area (Å²) in [6.07, 6.45) is 1.71. The molecule has 1 aliphatic heterocycles. The molecule has 0 bridgehead atoms. The first-order valence-corrected chi connectivity index (χ1v) is 10.7. The number of methoxy groups -OCH3 is 2. The van der Waals surface area contributed by atoms with Crippen molar-refractivity contribution in [2.45, 2.75) is 19.4 Å². The zero-order chi connectivity index (χ0) is 23.2. The third kappa shape index (κ3) is 5.56. The molecule has 0 aliphatic carbocycles. The second-order valence-corrected chi connectivity index (χ2v) is 7.87. The van der Waals surface area contributed by atoms with Crippen LogP contribution in [-0.2, 0) is 16.1 Å². The van der Waals surface area contributed by atoms with Crippen LogP contribution in [0.2, 0.25) is 0 Å². The summed E-state index contributed by atoms with van der Waals surface area (Å²) in [4.78, 5) is 31.0. The highest BCUT2D eigenvalue weighted by atomic mass is 16.5. The Hall–Kier alpha value is -3.72. The van der Waals surface area contributed by atoms with Crippen molar-refractivity contribution in [1.29, 1.82) is 0 Å². The highest BCUT2D eigenvalue weighted by Gasteiger charge is 2.27. The predicted octanol–water partition coefficient (Wildman–Crippen LogP) is 3.38. The van der Waals surface area contributed by atoms with E-state index in [1.165, 1.54) is 7.11 Å². The molecule has 1 aliphatic rings. The van der Waals surface area contributed by atoms with Gasteiger partial charge < -0.3 is 19.3 Å². The smallest absolute Gasteiger partial charge is 0.337 e. The second kappa shape index (κ2) is 10.3. The Morgan fingerprint density at radius 1 is 1.12 bits per heavy atom. The maximum absolute atomic E-state index is 12.8. The van der Waals surface area contributed by atoms with Gasteiger partial charge in [-0.25, -0.2) is 4.79 Å². The van der Waals surface area contributed by atoms with Gasteiger partial charge in [-0.1, -0.05) is 5.16 Å². The standard InChI is InChI=1S/C24H26N4O5/c1-31-20-11-7-16(8-12-20)22-26-21(33-27-22)15-28-13-3-4-18(14-28)23(29)25-19-9-5-17(6-10-19)24(30)32-2/h5-12,18H,3-4,13-15H2,1-2H3,(H,25,29). The van der Waals surface area contributed by atoms with E-state index in [2.05, 4.69) is 20.4 Å². The summed E-state index contributed by atoms with van der Waals surface area (Å²) in [6.45, 7) is 1.95. The molecule has 9 heteroatoms. The Morgan fingerprint density at radius 2 is 1.88 bits per heavy atom. The van der Waals surface area contributed by atoms with Gasteiger partial charge in [0.2, 0.25) is 17.6 Å². The molecular weight excluding hydrogens is 424 g/mol. The van der Waals surface area contributed by atoms with Crippen LogP contribution in [0.3, 0.4) is 0 Å². The number of anilines is 1. The fourth-order valence-corrected chi connectivity index (χ4v) is 3.83. The fourth-order valence-electron chi connectivity index (χ4n) is 3.83. The van der Waals surface area contributed by atoms with Gasteiger partial charge in [0, 0.05) is 17.8 Å². The number of amides is 1. The summed E-state index contributed by atoms with van der Waals surface area (Å²) in [6, 6.07) is 14.1. The Bertz CT molecular complexity index is 1090. The maximum atomic E-state index is 12.8. The molecule has 1 amide bonds. The SMILES string of the molecule is COC(=O)c1ccc(NC(=O)C2CCCN(Cc3nc(-c4ccc(OC)cc4)no3)C2)cc1. The second-order valence-electron chi connectivity index (χ2n) is 7.87. The Balaban J connectivity index is 1.33. The van der Waals surface area contributed by atoms with Gasteiger partial charge in [0.05, 0.1) is 32.2 Å². The number of carbonyl (C=O) groups excluding carboxylic acids is 2. The maximum Gasteiger partial charge on any atom is 0.337 e. The number of esters is 1. The molecule has 9 nitrogen and oxygen atoms in total. The van der Waals surface area contributed by atoms with Crippen molar-refractivity contribution in [3.05, 3.63) is 60.0 Å². The van der Waals surface area contributed by atoms with E-state index in [1.807, 2.05) is 24.3 Å². The predicted molar refractivity (Wildman–Crippen MR) is 121 cm³/mol. The number of nitrogens with one attached hydrogen (secondary N) is 1. The number of aromatic nitrogens is 2. The number of carbonyl (C=O) groups is 2. The molecule has 3 aromatic rings. The lowest BCUT2D eigenvalue weighted by molar-refractivity contribution is -0.121. The Labute approximate surface area is 191 Å². The van der Waals surface area contributed by atoms with Gasteiger partial charge in [0.25, 0.3) is 0 Å². The molecule has 1 atom stereocenters. The third-order valence-electron chi connectivity index (χ3n) is 5.63. The monoisotopic (exact) mass is 450 g/mol. The number of benzene rings is 2. The Morgan fingerprint density at radius 3 is 2.58 bits per heavy atom. The van der Waals surface area contributed by atoms with E-state index in [4.69, 9.17) is 14.0 Å². The molecule has 0 radical (unpaired) electrons. The van der Waals surface area contributed by atoms with E-state index in [1.54, 1.807) is 31.4 Å². The van der Waals surface area contributed by atoms with Crippen LogP contribution in [0.1, 0.15) is 29.1 Å². The summed E-state index contributed by atoms with van der Waals surface area (Å²) in [5.74, 6) is 1.19. The van der Waals surface area contributed by atoms with Gasteiger partial charge >= 0.3 is 5.97 Å². The third-order valence-corrected chi connectivity index (χ3v) is 5.63. The summed E-state index contributed by atoms with van der Waals surface area (Å²) in [5, 5.41) is 7.01. The van der Waals surface area contributed by atoms with Crippen LogP contribution in [0.25, 0.3) is 11.4 Å². The summed E-state index contributed by atoms with van der Waals surface area (Å²) >= 11 is 0. The molecule has 1 fully saturated rings. The molecular formula is C24H26N4O5. The summed E-state index contributed by atoms with van der Waals surface area (Å²) in [7, 11) is 2.95. The van der Waals surface area contributed by atoms with Crippen molar-refractivity contribution < 1.29 is 23.6 Å². The molecule has 1 unspecified atom stereocenters. The zero-order valence-electron chi connectivity index (χ0n) is 18.6. The van der Waals surface area contributed by atoms with Gasteiger partial charge in [0.1, 0.15) is 5.75 Å². The molecule has 33 heavy (non-hydrogen) atoms. The average Bonchev–Trinajstić information content (AvgIpc) is 3.32. The molecule has 1 aromatic heterocycles. The molecule has 1 N–H and O–H groups in total. The number of piperidine rings is 1. The minimum absolute atomic E-state index is 0.0463. The first-order valence-electron chi connectivity index (χ1n) is 10.7. The van der Waals surface area contributed by atoms with Crippen molar-refractivity contribution in [3.8, 4) is 17.1 Å². The van der Waals surface area contributed by atoms with E-state index in [-0.39, 0.29) is 11.8 Å². The summed E-state index contributed by atoms with van der Waals surface area (Å²) in [5.41, 5.74) is 1.93. The van der Waals surface area contributed by atoms with Crippen molar-refractivity contribution in [2.75, 3.05) is 32.6 Å². The van der Waals surface area contributed by atoms with Crippen LogP contribution in [-0.4, -0.2) is 54.2 Å². The van der Waals surface area contributed by atoms with Crippen molar-refractivity contribution in [3.63, 3.8) is 0 Å². The quantitative estimate of drug-likeness (QED) is 0.546. The highest BCUT2D eigenvalue weighted by molar-refractivity contribution is 5.94. The molecule has 0 spiro atoms. The van der Waals surface area contributed by atoms with Crippen LogP contribution >= 0.6 is 0 Å². The number of hydrogen-bond acceptors (Lipinski definition) is 8. The van der Waals surface area contributed by atoms with Crippen LogP contribution in [0, 0.1) is 5.92 Å². The number of hydrogen-bond donors (Lipinski definition) is 1. The lowest BCUT2D eigenvalue weighted by Crippen LogP contribution is -2.40. The number of nitrogens with zero attached hydrogens (tertiary/aromatic N) is 3. The average molecular weight is 450 g/mol. The molecule has 2 heterocycles. The number of rotatable bonds is 7. The number of likely N-dealkylation sites (tertiary alicyclic amines) is 1. The normalized spacial score (nSPS) is 16.2. The van der Waals surface area contributed by atoms with Gasteiger partial charge in [-0.2, -0.15) is 4.98 Å². The topological polar surface area (TPSA) is 107 Å². The van der Waals surface area contributed by atoms with Crippen molar-refractivity contribution in [1.82, 2.24) is 15.0 Å². The molecule has 0 saturated carbocycles. The molecule has 172 valence electrons. The van der Waals surface area contributed by atoms with Crippen LogP contribution in [0.4, 0.5) is 5.69 Å². The first kappa shape index (κ1) is 22.5. The van der Waals surface area contributed by atoms with E-state index in [0.717, 1.165) is 30.7 Å². The molecule has 1 saturated heterocycles. The minimum atomic E-state index is -0.410. The van der Waals surface area contributed by atoms with Crippen molar-refractivity contribution in [2.24, 2.45) is 5.92 Å². The van der Waals surface area contributed by atoms with Crippen LogP contribution < -0.4 is 10.1 Å². The van der Waals surface area contributed by atoms with Crippen LogP contribution in [0.15, 0.2) is 53.1 Å². The van der Waals surface area contributed by atoms with Gasteiger partial charge in [-0.05, 0) is 67.9 Å². The van der Waals surface area contributed by atoms with Gasteiger partial charge in [-0.3, -0.25) is 9.69 Å². The first-order chi connectivity index (χ1) is 16.1. The lowest BCUT2D eigenvalue weighted by atomic mass is 9.97. The number of ether oxygens (including phenoxy) is 2.